The molecule has 0 fully saturated rings. The van der Waals surface area contributed by atoms with Crippen LogP contribution in [0.3, 0.4) is 0 Å². The van der Waals surface area contributed by atoms with Crippen molar-refractivity contribution in [3.8, 4) is 0 Å². The van der Waals surface area contributed by atoms with E-state index >= 15 is 0 Å². The van der Waals surface area contributed by atoms with Crippen molar-refractivity contribution in [1.29, 1.82) is 0 Å². The van der Waals surface area contributed by atoms with Crippen LogP contribution in [0.5, 0.6) is 0 Å². The van der Waals surface area contributed by atoms with Gasteiger partial charge in [0.1, 0.15) is 6.04 Å². The highest BCUT2D eigenvalue weighted by atomic mass is 16.4. The Labute approximate surface area is 181 Å². The summed E-state index contributed by atoms with van der Waals surface area (Å²) in [5, 5.41) is 25.3. The van der Waals surface area contributed by atoms with Crippen LogP contribution in [0.1, 0.15) is 42.5 Å². The molecule has 0 radical (unpaired) electrons. The van der Waals surface area contributed by atoms with Gasteiger partial charge in [0.25, 0.3) is 5.91 Å². The van der Waals surface area contributed by atoms with Crippen molar-refractivity contribution in [2.45, 2.75) is 38.1 Å². The summed E-state index contributed by atoms with van der Waals surface area (Å²) in [4.78, 5) is 49.9. The fraction of sp³-hybridized carbons (Fsp3) is 0.550. The van der Waals surface area contributed by atoms with E-state index in [4.69, 9.17) is 5.11 Å². The molecule has 0 bridgehead atoms. The lowest BCUT2D eigenvalue weighted by Gasteiger charge is -2.21. The molecule has 1 aromatic rings. The number of hydrogen-bond acceptors (Lipinski definition) is 5. The van der Waals surface area contributed by atoms with Crippen LogP contribution < -0.4 is 20.4 Å². The first-order valence-electron chi connectivity index (χ1n) is 10.1. The highest BCUT2D eigenvalue weighted by Gasteiger charge is 2.19. The first-order valence-corrected chi connectivity index (χ1v) is 10.1. The Bertz CT molecular complexity index is 760. The summed E-state index contributed by atoms with van der Waals surface area (Å²) < 4.78 is 0.543. The van der Waals surface area contributed by atoms with Gasteiger partial charge in [0.2, 0.25) is 5.82 Å². The van der Waals surface area contributed by atoms with Crippen LogP contribution in [0.4, 0.5) is 10.6 Å². The third-order valence-electron chi connectivity index (χ3n) is 4.36. The molecular weight excluding hydrogens is 406 g/mol. The average molecular weight is 439 g/mol. The number of nitrogens with one attached hydrogen (secondary N) is 3. The summed E-state index contributed by atoms with van der Waals surface area (Å²) in [7, 11) is 5.93. The second-order valence-corrected chi connectivity index (χ2v) is 7.96. The smallest absolute Gasteiger partial charge is 0.326 e. The summed E-state index contributed by atoms with van der Waals surface area (Å²) in [5.74, 6) is -1.55. The second kappa shape index (κ2) is 12.5. The lowest BCUT2D eigenvalue weighted by Crippen LogP contribution is -2.46. The number of quaternary nitrogens is 1. The van der Waals surface area contributed by atoms with Crippen LogP contribution >= 0.6 is 0 Å². The Morgan fingerprint density at radius 1 is 1.00 bits per heavy atom. The Hall–Kier alpha value is -3.21. The molecule has 0 aliphatic heterocycles. The second-order valence-electron chi connectivity index (χ2n) is 7.96. The van der Waals surface area contributed by atoms with Crippen molar-refractivity contribution in [2.24, 2.45) is 0 Å². The van der Waals surface area contributed by atoms with Crippen molar-refractivity contribution in [2.75, 3.05) is 34.2 Å². The number of amides is 3. The molecule has 11 nitrogen and oxygen atoms in total. The minimum Gasteiger partial charge on any atom is -0.481 e. The summed E-state index contributed by atoms with van der Waals surface area (Å²) in [6, 6.07) is 1.78. The van der Waals surface area contributed by atoms with Crippen molar-refractivity contribution in [3.63, 3.8) is 0 Å². The summed E-state index contributed by atoms with van der Waals surface area (Å²) in [6.07, 6.45) is 2.93. The number of carbonyl (C=O) groups is 4. The van der Waals surface area contributed by atoms with E-state index in [0.717, 1.165) is 5.82 Å². The number of pyridine rings is 1. The molecule has 1 heterocycles. The number of urea groups is 1. The van der Waals surface area contributed by atoms with Crippen LogP contribution in [0.25, 0.3) is 0 Å². The van der Waals surface area contributed by atoms with Gasteiger partial charge >= 0.3 is 18.0 Å². The highest BCUT2D eigenvalue weighted by molar-refractivity contribution is 5.94. The van der Waals surface area contributed by atoms with E-state index in [1.807, 2.05) is 21.1 Å². The fourth-order valence-electron chi connectivity index (χ4n) is 2.60. The molecule has 0 aliphatic carbocycles. The van der Waals surface area contributed by atoms with Crippen LogP contribution in [-0.2, 0) is 9.59 Å². The Morgan fingerprint density at radius 3 is 2.23 bits per heavy atom. The standard InChI is InChI=1S/C20H31N5O6/c1-25(2,3)16-10-9-14(13-23-16)18(28)21-11-5-4-7-15(19(29)30)24-20(31)22-12-6-8-17(26)27/h9-10,13,15H,4-8,11-12H2,1-3H3,(H4-,21,22,24,26,27,28,29,30,31)/p+1. The molecule has 1 aromatic heterocycles. The van der Waals surface area contributed by atoms with Crippen molar-refractivity contribution in [3.05, 3.63) is 23.9 Å². The molecule has 5 N–H and O–H groups in total. The van der Waals surface area contributed by atoms with Crippen LogP contribution in [0, 0.1) is 0 Å². The number of aromatic nitrogens is 1. The molecule has 31 heavy (non-hydrogen) atoms. The maximum Gasteiger partial charge on any atom is 0.326 e. The van der Waals surface area contributed by atoms with Gasteiger partial charge in [-0.25, -0.2) is 14.6 Å². The van der Waals surface area contributed by atoms with Gasteiger partial charge in [0.05, 0.1) is 26.7 Å². The van der Waals surface area contributed by atoms with E-state index in [2.05, 4.69) is 20.9 Å². The molecule has 172 valence electrons. The number of carboxylic acid groups (broad SMARTS) is 2. The first kappa shape index (κ1) is 25.8. The maximum absolute atomic E-state index is 12.2. The molecule has 0 aliphatic rings. The number of rotatable bonds is 13. The molecule has 11 heteroatoms. The quantitative estimate of drug-likeness (QED) is 0.225. The Morgan fingerprint density at radius 2 is 1.68 bits per heavy atom. The fourth-order valence-corrected chi connectivity index (χ4v) is 2.60. The number of hydrogen-bond donors (Lipinski definition) is 5. The van der Waals surface area contributed by atoms with Gasteiger partial charge in [-0.1, -0.05) is 0 Å². The molecule has 0 spiro atoms. The minimum absolute atomic E-state index is 0.0790. The Kier molecular flexibility index (Phi) is 10.4. The summed E-state index contributed by atoms with van der Waals surface area (Å²) in [6.45, 7) is 0.505. The van der Waals surface area contributed by atoms with E-state index in [-0.39, 0.29) is 31.7 Å². The molecule has 3 amide bonds. The average Bonchev–Trinajstić information content (AvgIpc) is 2.69. The number of nitrogens with zero attached hydrogens (tertiary/aromatic N) is 2. The van der Waals surface area contributed by atoms with E-state index < -0.39 is 24.0 Å². The summed E-state index contributed by atoms with van der Waals surface area (Å²) >= 11 is 0. The van der Waals surface area contributed by atoms with Gasteiger partial charge in [0.15, 0.2) is 0 Å². The third kappa shape index (κ3) is 10.4. The zero-order valence-electron chi connectivity index (χ0n) is 18.2. The maximum atomic E-state index is 12.2. The van der Waals surface area contributed by atoms with Crippen molar-refractivity contribution >= 4 is 29.7 Å². The van der Waals surface area contributed by atoms with Gasteiger partial charge in [-0.05, 0) is 31.7 Å². The molecule has 0 saturated heterocycles. The van der Waals surface area contributed by atoms with Gasteiger partial charge < -0.3 is 26.2 Å². The topological polar surface area (TPSA) is 158 Å². The van der Waals surface area contributed by atoms with Crippen molar-refractivity contribution < 1.29 is 29.4 Å². The van der Waals surface area contributed by atoms with Crippen LogP contribution in [-0.4, -0.2) is 79.3 Å². The van der Waals surface area contributed by atoms with E-state index in [0.29, 0.717) is 29.4 Å². The molecule has 0 saturated carbocycles. The number of carboxylic acids is 2. The number of carbonyl (C=O) groups excluding carboxylic acids is 2. The molecular formula is C20H32N5O6+. The predicted octanol–water partition coefficient (Wildman–Crippen LogP) is 0.796. The van der Waals surface area contributed by atoms with E-state index in [1.54, 1.807) is 12.1 Å². The zero-order chi connectivity index (χ0) is 23.4. The summed E-state index contributed by atoms with van der Waals surface area (Å²) in [5.41, 5.74) is 0.446. The molecule has 0 aromatic carbocycles. The minimum atomic E-state index is -1.16. The largest absolute Gasteiger partial charge is 0.481 e. The highest BCUT2D eigenvalue weighted by Crippen LogP contribution is 2.13. The third-order valence-corrected chi connectivity index (χ3v) is 4.36. The first-order chi connectivity index (χ1) is 14.5. The SMILES string of the molecule is C[N+](C)(C)c1ccc(C(=O)NCCCCC(NC(=O)NCCCC(=O)O)C(=O)O)cn1. The van der Waals surface area contributed by atoms with Gasteiger partial charge in [0, 0.05) is 31.8 Å². The number of aliphatic carboxylic acids is 2. The zero-order valence-corrected chi connectivity index (χ0v) is 18.2. The lowest BCUT2D eigenvalue weighted by atomic mass is 10.1. The van der Waals surface area contributed by atoms with Crippen LogP contribution in [0.15, 0.2) is 18.3 Å². The molecule has 1 rings (SSSR count). The van der Waals surface area contributed by atoms with Gasteiger partial charge in [-0.2, -0.15) is 0 Å². The normalized spacial score (nSPS) is 12.0. The molecule has 1 atom stereocenters. The predicted molar refractivity (Wildman–Crippen MR) is 115 cm³/mol. The van der Waals surface area contributed by atoms with Gasteiger partial charge in [-0.15, -0.1) is 0 Å². The Balaban J connectivity index is 2.32. The number of unbranched alkanes of at least 4 members (excludes halogenated alkanes) is 1. The monoisotopic (exact) mass is 438 g/mol. The van der Waals surface area contributed by atoms with Crippen molar-refractivity contribution in [1.82, 2.24) is 25.4 Å². The van der Waals surface area contributed by atoms with Crippen LogP contribution in [0.2, 0.25) is 0 Å². The van der Waals surface area contributed by atoms with Gasteiger partial charge in [-0.3, -0.25) is 14.1 Å². The molecule has 1 unspecified atom stereocenters. The lowest BCUT2D eigenvalue weighted by molar-refractivity contribution is -0.139. The van der Waals surface area contributed by atoms with E-state index in [1.165, 1.54) is 6.20 Å². The van der Waals surface area contributed by atoms with E-state index in [9.17, 15) is 24.3 Å².